The van der Waals surface area contributed by atoms with Crippen LogP contribution in [0.15, 0.2) is 12.7 Å². The molecule has 0 saturated heterocycles. The number of amides is 1. The topological polar surface area (TPSA) is 38.8 Å². The molecule has 0 rings (SSSR count). The molecule has 0 aromatic rings. The summed E-state index contributed by atoms with van der Waals surface area (Å²) in [5.41, 5.74) is -0.496. The van der Waals surface area contributed by atoms with Crippen molar-refractivity contribution in [3.8, 4) is 0 Å². The van der Waals surface area contributed by atoms with Crippen LogP contribution in [0, 0.1) is 0 Å². The summed E-state index contributed by atoms with van der Waals surface area (Å²) in [6, 6.07) is -0.0542. The zero-order chi connectivity index (χ0) is 17.8. The molecular formula is C17H35NO3Si. The van der Waals surface area contributed by atoms with Gasteiger partial charge < -0.3 is 14.1 Å². The van der Waals surface area contributed by atoms with Gasteiger partial charge in [0.15, 0.2) is 8.32 Å². The largest absolute Gasteiger partial charge is 0.444 e. The number of hydrogen-bond donors (Lipinski definition) is 0. The first-order chi connectivity index (χ1) is 9.71. The van der Waals surface area contributed by atoms with Crippen LogP contribution < -0.4 is 0 Å². The monoisotopic (exact) mass is 329 g/mol. The van der Waals surface area contributed by atoms with E-state index in [1.165, 1.54) is 0 Å². The maximum absolute atomic E-state index is 12.2. The van der Waals surface area contributed by atoms with Crippen molar-refractivity contribution < 1.29 is 14.0 Å². The predicted octanol–water partition coefficient (Wildman–Crippen LogP) is 4.82. The van der Waals surface area contributed by atoms with Crippen LogP contribution in [-0.2, 0) is 9.16 Å². The summed E-state index contributed by atoms with van der Waals surface area (Å²) in [7, 11) is -0.0761. The summed E-state index contributed by atoms with van der Waals surface area (Å²) in [6.45, 7) is 21.0. The molecule has 5 heteroatoms. The average Bonchev–Trinajstić information content (AvgIpc) is 2.30. The Bertz CT molecular complexity index is 380. The van der Waals surface area contributed by atoms with Crippen LogP contribution in [0.1, 0.15) is 48.0 Å². The Labute approximate surface area is 138 Å². The fraction of sp³-hybridized carbons (Fsp3) is 0.824. The molecule has 0 aliphatic heterocycles. The Morgan fingerprint density at radius 2 is 1.73 bits per heavy atom. The Hall–Kier alpha value is -0.813. The smallest absolute Gasteiger partial charge is 0.410 e. The standard InChI is InChI=1S/C17H35NO3Si/c1-11-12-14(13-20-22(9,10)17(5,6)7)18(8)15(19)21-16(2,3)4/h11,14H,1,12-13H2,2-10H3. The lowest BCUT2D eigenvalue weighted by atomic mass is 10.2. The van der Waals surface area contributed by atoms with Gasteiger partial charge in [0.25, 0.3) is 0 Å². The zero-order valence-corrected chi connectivity index (χ0v) is 16.9. The number of nitrogens with zero attached hydrogens (tertiary/aromatic N) is 1. The number of ether oxygens (including phenoxy) is 1. The number of carbonyl (C=O) groups excluding carboxylic acids is 1. The molecular weight excluding hydrogens is 294 g/mol. The number of likely N-dealkylation sites (N-methyl/N-ethyl adjacent to an activating group) is 1. The lowest BCUT2D eigenvalue weighted by molar-refractivity contribution is 0.0172. The molecule has 22 heavy (non-hydrogen) atoms. The van der Waals surface area contributed by atoms with Crippen LogP contribution in [0.5, 0.6) is 0 Å². The molecule has 0 heterocycles. The van der Waals surface area contributed by atoms with E-state index in [9.17, 15) is 4.79 Å². The summed E-state index contributed by atoms with van der Waals surface area (Å²) in [5, 5.41) is 0.149. The highest BCUT2D eigenvalue weighted by molar-refractivity contribution is 6.74. The van der Waals surface area contributed by atoms with Gasteiger partial charge in [-0.1, -0.05) is 26.8 Å². The van der Waals surface area contributed by atoms with Crippen LogP contribution in [-0.4, -0.2) is 44.6 Å². The molecule has 0 aliphatic carbocycles. The van der Waals surface area contributed by atoms with E-state index in [0.717, 1.165) is 0 Å². The molecule has 0 aromatic carbocycles. The van der Waals surface area contributed by atoms with Gasteiger partial charge in [0, 0.05) is 7.05 Å². The van der Waals surface area contributed by atoms with Crippen molar-refractivity contribution in [2.24, 2.45) is 0 Å². The molecule has 1 amide bonds. The second kappa shape index (κ2) is 7.64. The minimum atomic E-state index is -1.84. The van der Waals surface area contributed by atoms with Crippen molar-refractivity contribution in [2.75, 3.05) is 13.7 Å². The van der Waals surface area contributed by atoms with Gasteiger partial charge in [-0.3, -0.25) is 0 Å². The van der Waals surface area contributed by atoms with Gasteiger partial charge in [0.1, 0.15) is 5.60 Å². The summed E-state index contributed by atoms with van der Waals surface area (Å²) >= 11 is 0. The predicted molar refractivity (Wildman–Crippen MR) is 95.7 cm³/mol. The third-order valence-corrected chi connectivity index (χ3v) is 8.61. The fourth-order valence-corrected chi connectivity index (χ4v) is 2.58. The Morgan fingerprint density at radius 3 is 2.09 bits per heavy atom. The minimum absolute atomic E-state index is 0.0542. The molecule has 0 saturated carbocycles. The molecule has 0 fully saturated rings. The quantitative estimate of drug-likeness (QED) is 0.518. The maximum Gasteiger partial charge on any atom is 0.410 e. The van der Waals surface area contributed by atoms with E-state index in [1.807, 2.05) is 26.8 Å². The SMILES string of the molecule is C=CCC(CO[Si](C)(C)C(C)(C)C)N(C)C(=O)OC(C)(C)C. The van der Waals surface area contributed by atoms with Crippen molar-refractivity contribution in [3.63, 3.8) is 0 Å². The molecule has 130 valence electrons. The molecule has 1 atom stereocenters. The molecule has 1 unspecified atom stereocenters. The van der Waals surface area contributed by atoms with Gasteiger partial charge in [0.2, 0.25) is 0 Å². The Morgan fingerprint density at radius 1 is 1.23 bits per heavy atom. The molecule has 4 nitrogen and oxygen atoms in total. The second-order valence-electron chi connectivity index (χ2n) is 8.34. The number of hydrogen-bond acceptors (Lipinski definition) is 3. The summed E-state index contributed by atoms with van der Waals surface area (Å²) in [6.07, 6.45) is 2.18. The molecule has 0 aromatic heterocycles. The highest BCUT2D eigenvalue weighted by Gasteiger charge is 2.38. The molecule has 0 radical (unpaired) electrons. The van der Waals surface area contributed by atoms with Crippen molar-refractivity contribution >= 4 is 14.4 Å². The normalized spacial score (nSPS) is 14.4. The minimum Gasteiger partial charge on any atom is -0.444 e. The van der Waals surface area contributed by atoms with Gasteiger partial charge in [-0.05, 0) is 45.3 Å². The van der Waals surface area contributed by atoms with Crippen molar-refractivity contribution in [1.82, 2.24) is 4.90 Å². The zero-order valence-electron chi connectivity index (χ0n) is 15.9. The third-order valence-electron chi connectivity index (χ3n) is 4.11. The van der Waals surface area contributed by atoms with E-state index >= 15 is 0 Å². The molecule has 0 spiro atoms. The van der Waals surface area contributed by atoms with Crippen LogP contribution in [0.2, 0.25) is 18.1 Å². The molecule has 0 bridgehead atoms. The van der Waals surface area contributed by atoms with Crippen LogP contribution in [0.4, 0.5) is 4.79 Å². The number of carbonyl (C=O) groups is 1. The lowest BCUT2D eigenvalue weighted by Gasteiger charge is -2.38. The van der Waals surface area contributed by atoms with Gasteiger partial charge in [-0.2, -0.15) is 0 Å². The first-order valence-corrected chi connectivity index (χ1v) is 10.8. The van der Waals surface area contributed by atoms with Gasteiger partial charge in [0.05, 0.1) is 12.6 Å². The highest BCUT2D eigenvalue weighted by atomic mass is 28.4. The van der Waals surface area contributed by atoms with Crippen molar-refractivity contribution in [1.29, 1.82) is 0 Å². The summed E-state index contributed by atoms with van der Waals surface area (Å²) in [5.74, 6) is 0. The first kappa shape index (κ1) is 21.2. The van der Waals surface area contributed by atoms with E-state index in [2.05, 4.69) is 40.4 Å². The summed E-state index contributed by atoms with van der Waals surface area (Å²) < 4.78 is 11.7. The number of rotatable bonds is 6. The molecule has 0 N–H and O–H groups in total. The van der Waals surface area contributed by atoms with E-state index in [4.69, 9.17) is 9.16 Å². The van der Waals surface area contributed by atoms with E-state index in [0.29, 0.717) is 13.0 Å². The van der Waals surface area contributed by atoms with E-state index in [-0.39, 0.29) is 17.2 Å². The maximum atomic E-state index is 12.2. The van der Waals surface area contributed by atoms with Gasteiger partial charge in [-0.25, -0.2) is 4.79 Å². The third kappa shape index (κ3) is 6.96. The second-order valence-corrected chi connectivity index (χ2v) is 13.2. The highest BCUT2D eigenvalue weighted by Crippen LogP contribution is 2.36. The van der Waals surface area contributed by atoms with Crippen molar-refractivity contribution in [2.45, 2.75) is 77.7 Å². The Balaban J connectivity index is 4.86. The molecule has 0 aliphatic rings. The van der Waals surface area contributed by atoms with Crippen LogP contribution in [0.25, 0.3) is 0 Å². The average molecular weight is 330 g/mol. The van der Waals surface area contributed by atoms with Crippen molar-refractivity contribution in [3.05, 3.63) is 12.7 Å². The van der Waals surface area contributed by atoms with Gasteiger partial charge in [-0.15, -0.1) is 6.58 Å². The van der Waals surface area contributed by atoms with E-state index < -0.39 is 13.9 Å². The fourth-order valence-electron chi connectivity index (χ4n) is 1.53. The Kier molecular flexibility index (Phi) is 7.36. The van der Waals surface area contributed by atoms with Gasteiger partial charge >= 0.3 is 6.09 Å². The van der Waals surface area contributed by atoms with E-state index in [1.54, 1.807) is 11.9 Å². The van der Waals surface area contributed by atoms with Crippen LogP contribution >= 0.6 is 0 Å². The first-order valence-electron chi connectivity index (χ1n) is 7.92. The van der Waals surface area contributed by atoms with Crippen LogP contribution in [0.3, 0.4) is 0 Å². The lowest BCUT2D eigenvalue weighted by Crippen LogP contribution is -2.47. The summed E-state index contributed by atoms with van der Waals surface area (Å²) in [4.78, 5) is 13.8.